The monoisotopic (exact) mass is 476 g/mol. The Morgan fingerprint density at radius 1 is 0.943 bits per heavy atom. The van der Waals surface area contributed by atoms with Gasteiger partial charge in [-0.05, 0) is 57.0 Å². The molecule has 5 rings (SSSR count). The van der Waals surface area contributed by atoms with E-state index in [-0.39, 0.29) is 12.1 Å². The number of benzene rings is 1. The van der Waals surface area contributed by atoms with Crippen molar-refractivity contribution >= 4 is 40.3 Å². The number of urea groups is 1. The summed E-state index contributed by atoms with van der Waals surface area (Å²) in [5.74, 6) is 1.00. The summed E-state index contributed by atoms with van der Waals surface area (Å²) in [5, 5.41) is 9.73. The highest BCUT2D eigenvalue weighted by molar-refractivity contribution is 5.99. The maximum atomic E-state index is 12.9. The molecule has 2 fully saturated rings. The van der Waals surface area contributed by atoms with E-state index in [9.17, 15) is 9.59 Å². The van der Waals surface area contributed by atoms with Crippen molar-refractivity contribution in [1.29, 1.82) is 0 Å². The van der Waals surface area contributed by atoms with Gasteiger partial charge in [-0.25, -0.2) is 19.6 Å². The van der Waals surface area contributed by atoms with Crippen LogP contribution < -0.4 is 16.0 Å². The Hall–Kier alpha value is -3.66. The lowest BCUT2D eigenvalue weighted by Crippen LogP contribution is -2.49. The Bertz CT molecular complexity index is 1200. The number of rotatable bonds is 4. The van der Waals surface area contributed by atoms with Crippen LogP contribution >= 0.6 is 0 Å². The van der Waals surface area contributed by atoms with Crippen LogP contribution in [0.25, 0.3) is 10.9 Å². The normalized spacial score (nSPS) is 17.3. The Morgan fingerprint density at radius 3 is 2.49 bits per heavy atom. The summed E-state index contributed by atoms with van der Waals surface area (Å²) in [6.45, 7) is 3.90. The zero-order valence-corrected chi connectivity index (χ0v) is 20.0. The molecular formula is C25H32N8O2. The van der Waals surface area contributed by atoms with Crippen LogP contribution in [0.1, 0.15) is 32.1 Å². The van der Waals surface area contributed by atoms with Gasteiger partial charge in [0.15, 0.2) is 0 Å². The smallest absolute Gasteiger partial charge is 0.325 e. The molecule has 0 unspecified atom stereocenters. The van der Waals surface area contributed by atoms with Crippen molar-refractivity contribution < 1.29 is 9.59 Å². The number of carbonyl (C=O) groups excluding carboxylic acids is 2. The molecule has 2 saturated heterocycles. The molecule has 184 valence electrons. The lowest BCUT2D eigenvalue weighted by atomic mass is 10.0. The summed E-state index contributed by atoms with van der Waals surface area (Å²) in [6, 6.07) is 9.54. The Balaban J connectivity index is 1.22. The molecule has 0 aliphatic carbocycles. The van der Waals surface area contributed by atoms with Gasteiger partial charge in [0.05, 0.1) is 5.52 Å². The molecule has 10 nitrogen and oxygen atoms in total. The molecule has 1 aromatic carbocycles. The SMILES string of the molecule is CNC(=O)n1ccc2c(Nc3cc(NC(=O)N4CCC(N5CCCCC5)CC4)ncn3)cccc21. The summed E-state index contributed by atoms with van der Waals surface area (Å²) in [5.41, 5.74) is 1.59. The van der Waals surface area contributed by atoms with Gasteiger partial charge in [0.2, 0.25) is 0 Å². The first-order chi connectivity index (χ1) is 17.1. The number of anilines is 3. The molecule has 3 N–H and O–H groups in total. The van der Waals surface area contributed by atoms with Gasteiger partial charge >= 0.3 is 12.1 Å². The first-order valence-electron chi connectivity index (χ1n) is 12.3. The molecule has 2 aromatic heterocycles. The predicted octanol–water partition coefficient (Wildman–Crippen LogP) is 3.84. The summed E-state index contributed by atoms with van der Waals surface area (Å²) >= 11 is 0. The van der Waals surface area contributed by atoms with Crippen LogP contribution in [0.5, 0.6) is 0 Å². The van der Waals surface area contributed by atoms with Gasteiger partial charge in [0.1, 0.15) is 18.0 Å². The van der Waals surface area contributed by atoms with Crippen molar-refractivity contribution in [2.75, 3.05) is 43.9 Å². The molecule has 35 heavy (non-hydrogen) atoms. The van der Waals surface area contributed by atoms with Crippen LogP contribution in [0, 0.1) is 0 Å². The van der Waals surface area contributed by atoms with Crippen molar-refractivity contribution in [2.24, 2.45) is 0 Å². The van der Waals surface area contributed by atoms with Gasteiger partial charge in [-0.3, -0.25) is 9.88 Å². The third-order valence-corrected chi connectivity index (χ3v) is 6.99. The maximum Gasteiger partial charge on any atom is 0.325 e. The molecular weight excluding hydrogens is 444 g/mol. The third kappa shape index (κ3) is 5.07. The molecule has 10 heteroatoms. The second-order valence-corrected chi connectivity index (χ2v) is 9.14. The number of piperidine rings is 2. The van der Waals surface area contributed by atoms with E-state index in [4.69, 9.17) is 0 Å². The molecule has 2 aliphatic rings. The number of nitrogens with zero attached hydrogens (tertiary/aromatic N) is 5. The van der Waals surface area contributed by atoms with Gasteiger partial charge in [-0.2, -0.15) is 0 Å². The summed E-state index contributed by atoms with van der Waals surface area (Å²) in [7, 11) is 1.60. The number of likely N-dealkylation sites (tertiary alicyclic amines) is 2. The fourth-order valence-corrected chi connectivity index (χ4v) is 5.11. The van der Waals surface area contributed by atoms with Gasteiger partial charge in [-0.1, -0.05) is 12.5 Å². The average molecular weight is 477 g/mol. The second-order valence-electron chi connectivity index (χ2n) is 9.14. The van der Waals surface area contributed by atoms with Gasteiger partial charge < -0.3 is 20.4 Å². The van der Waals surface area contributed by atoms with Gasteiger partial charge in [-0.15, -0.1) is 0 Å². The Morgan fingerprint density at radius 2 is 1.71 bits per heavy atom. The molecule has 4 heterocycles. The van der Waals surface area contributed by atoms with Crippen molar-refractivity contribution in [2.45, 2.75) is 38.1 Å². The molecule has 0 atom stereocenters. The van der Waals surface area contributed by atoms with Crippen molar-refractivity contribution in [3.8, 4) is 0 Å². The largest absolute Gasteiger partial charge is 0.340 e. The molecule has 0 spiro atoms. The van der Waals surface area contributed by atoms with Crippen LogP contribution in [-0.2, 0) is 0 Å². The van der Waals surface area contributed by atoms with E-state index in [1.807, 2.05) is 29.2 Å². The molecule has 0 bridgehead atoms. The van der Waals surface area contributed by atoms with Crippen LogP contribution in [0.15, 0.2) is 42.9 Å². The fraction of sp³-hybridized carbons (Fsp3) is 0.440. The van der Waals surface area contributed by atoms with Crippen LogP contribution in [0.4, 0.5) is 26.9 Å². The van der Waals surface area contributed by atoms with Crippen LogP contribution in [0.2, 0.25) is 0 Å². The van der Waals surface area contributed by atoms with Crippen LogP contribution in [-0.4, -0.2) is 75.7 Å². The standard InChI is InChI=1S/C25H32N8O2/c1-26-24(34)33-15-10-19-20(6-5-7-21(19)33)29-22-16-23(28-17-27-22)30-25(35)32-13-8-18(9-14-32)31-11-3-2-4-12-31/h5-7,10,15-18H,2-4,8-9,11-14H2,1H3,(H,26,34)(H2,27,28,29,30,35). The lowest BCUT2D eigenvalue weighted by Gasteiger charge is -2.40. The number of aromatic nitrogens is 3. The van der Waals surface area contributed by atoms with E-state index in [1.54, 1.807) is 23.9 Å². The lowest BCUT2D eigenvalue weighted by molar-refractivity contribution is 0.104. The van der Waals surface area contributed by atoms with E-state index in [2.05, 4.69) is 30.8 Å². The number of hydrogen-bond acceptors (Lipinski definition) is 6. The van der Waals surface area contributed by atoms with E-state index in [0.29, 0.717) is 17.7 Å². The number of carbonyl (C=O) groups is 2. The molecule has 3 aromatic rings. The van der Waals surface area contributed by atoms with Crippen molar-refractivity contribution in [3.05, 3.63) is 42.9 Å². The number of hydrogen-bond donors (Lipinski definition) is 3. The predicted molar refractivity (Wildman–Crippen MR) is 136 cm³/mol. The van der Waals surface area contributed by atoms with Gasteiger partial charge in [0, 0.05) is 49.5 Å². The number of amides is 3. The Kier molecular flexibility index (Phi) is 6.80. The Labute approximate surface area is 204 Å². The minimum atomic E-state index is -0.204. The van der Waals surface area contributed by atoms with E-state index >= 15 is 0 Å². The molecule has 0 saturated carbocycles. The van der Waals surface area contributed by atoms with Crippen molar-refractivity contribution in [3.63, 3.8) is 0 Å². The topological polar surface area (TPSA) is 107 Å². The first kappa shape index (κ1) is 23.1. The zero-order valence-electron chi connectivity index (χ0n) is 20.0. The second kappa shape index (κ2) is 10.3. The number of nitrogens with one attached hydrogen (secondary N) is 3. The highest BCUT2D eigenvalue weighted by atomic mass is 16.2. The number of fused-ring (bicyclic) bond motifs is 1. The molecule has 3 amide bonds. The van der Waals surface area contributed by atoms with E-state index in [0.717, 1.165) is 42.5 Å². The third-order valence-electron chi connectivity index (χ3n) is 6.99. The van der Waals surface area contributed by atoms with E-state index in [1.165, 1.54) is 38.7 Å². The summed E-state index contributed by atoms with van der Waals surface area (Å²) in [6.07, 6.45) is 9.11. The summed E-state index contributed by atoms with van der Waals surface area (Å²) in [4.78, 5) is 38.0. The van der Waals surface area contributed by atoms with E-state index < -0.39 is 0 Å². The highest BCUT2D eigenvalue weighted by Crippen LogP contribution is 2.27. The zero-order chi connectivity index (χ0) is 24.2. The fourth-order valence-electron chi connectivity index (χ4n) is 5.11. The molecule has 0 radical (unpaired) electrons. The van der Waals surface area contributed by atoms with Crippen LogP contribution in [0.3, 0.4) is 0 Å². The van der Waals surface area contributed by atoms with Crippen molar-refractivity contribution in [1.82, 2.24) is 29.7 Å². The minimum absolute atomic E-state index is 0.128. The first-order valence-corrected chi connectivity index (χ1v) is 12.3. The average Bonchev–Trinajstić information content (AvgIpc) is 3.34. The maximum absolute atomic E-state index is 12.9. The quantitative estimate of drug-likeness (QED) is 0.528. The highest BCUT2D eigenvalue weighted by Gasteiger charge is 2.27. The summed E-state index contributed by atoms with van der Waals surface area (Å²) < 4.78 is 1.56. The minimum Gasteiger partial charge on any atom is -0.340 e. The van der Waals surface area contributed by atoms with Gasteiger partial charge in [0.25, 0.3) is 0 Å². The molecule has 2 aliphatic heterocycles.